The highest BCUT2D eigenvalue weighted by Gasteiger charge is 2.54. The molecule has 0 radical (unpaired) electrons. The summed E-state index contributed by atoms with van der Waals surface area (Å²) < 4.78 is 12.9. The lowest BCUT2D eigenvalue weighted by Crippen LogP contribution is -2.58. The number of carbonyl (C=O) groups is 2. The second kappa shape index (κ2) is 5.38. The molecule has 5 rings (SSSR count). The topological polar surface area (TPSA) is 77.0 Å². The number of nitrogens with zero attached hydrogens (tertiary/aromatic N) is 3. The maximum absolute atomic E-state index is 12.6. The maximum Gasteiger partial charge on any atom is 0.362 e. The van der Waals surface area contributed by atoms with Gasteiger partial charge in [0.1, 0.15) is 21.7 Å². The van der Waals surface area contributed by atoms with Crippen molar-refractivity contribution in [2.24, 2.45) is 0 Å². The van der Waals surface area contributed by atoms with Gasteiger partial charge in [0.15, 0.2) is 0 Å². The van der Waals surface area contributed by atoms with Crippen LogP contribution in [0.1, 0.15) is 31.2 Å². The molecule has 0 saturated carbocycles. The van der Waals surface area contributed by atoms with E-state index in [0.717, 1.165) is 42.0 Å². The predicted molar refractivity (Wildman–Crippen MR) is 93.4 cm³/mol. The van der Waals surface area contributed by atoms with Crippen LogP contribution in [0.4, 0.5) is 0 Å². The van der Waals surface area contributed by atoms with Gasteiger partial charge in [-0.25, -0.2) is 4.79 Å². The molecule has 7 nitrogen and oxygen atoms in total. The number of oxazole rings is 1. The van der Waals surface area contributed by atoms with E-state index in [1.807, 2.05) is 6.92 Å². The van der Waals surface area contributed by atoms with E-state index >= 15 is 0 Å². The summed E-state index contributed by atoms with van der Waals surface area (Å²) >= 11 is 4.83. The lowest BCUT2D eigenvalue weighted by atomic mass is 10.0. The second-order valence-corrected chi connectivity index (χ2v) is 8.64. The Morgan fingerprint density at radius 3 is 3.08 bits per heavy atom. The zero-order valence-corrected chi connectivity index (χ0v) is 15.7. The highest BCUT2D eigenvalue weighted by molar-refractivity contribution is 9.10. The summed E-state index contributed by atoms with van der Waals surface area (Å²) in [7, 11) is 0. The van der Waals surface area contributed by atoms with E-state index in [1.54, 1.807) is 10.6 Å². The Bertz CT molecular complexity index is 962. The number of carbonyl (C=O) groups excluding carboxylic acids is 2. The first kappa shape index (κ1) is 15.5. The Hall–Kier alpha value is -1.74. The van der Waals surface area contributed by atoms with Crippen molar-refractivity contribution in [1.82, 2.24) is 14.5 Å². The molecule has 0 N–H and O–H groups in total. The van der Waals surface area contributed by atoms with Crippen LogP contribution in [-0.4, -0.2) is 36.6 Å². The van der Waals surface area contributed by atoms with E-state index in [1.165, 1.54) is 16.7 Å². The van der Waals surface area contributed by atoms with E-state index in [0.29, 0.717) is 11.4 Å². The second-order valence-electron chi connectivity index (χ2n) is 6.32. The van der Waals surface area contributed by atoms with Crippen LogP contribution in [0.15, 0.2) is 21.1 Å². The van der Waals surface area contributed by atoms with Crippen molar-refractivity contribution in [3.8, 4) is 5.88 Å². The number of esters is 1. The van der Waals surface area contributed by atoms with Crippen LogP contribution in [-0.2, 0) is 22.4 Å². The van der Waals surface area contributed by atoms with Crippen LogP contribution in [0, 0.1) is 0 Å². The first-order valence-electron chi connectivity index (χ1n) is 8.12. The minimum atomic E-state index is -0.560. The molecule has 2 aromatic heterocycles. The number of thioether (sulfide) groups is 1. The quantitative estimate of drug-likeness (QED) is 0.419. The number of aryl methyl sites for hydroxylation is 2. The van der Waals surface area contributed by atoms with Gasteiger partial charge in [0, 0.05) is 11.3 Å². The molecule has 2 aromatic rings. The van der Waals surface area contributed by atoms with Crippen LogP contribution in [0.2, 0.25) is 0 Å². The largest absolute Gasteiger partial charge is 0.441 e. The molecular formula is C16H14BrN3O4S. The van der Waals surface area contributed by atoms with Crippen molar-refractivity contribution in [3.05, 3.63) is 28.1 Å². The Morgan fingerprint density at radius 2 is 2.24 bits per heavy atom. The van der Waals surface area contributed by atoms with Crippen LogP contribution in [0.5, 0.6) is 5.88 Å². The number of hydrogen-bond acceptors (Lipinski definition) is 6. The van der Waals surface area contributed by atoms with Gasteiger partial charge in [-0.3, -0.25) is 9.69 Å². The van der Waals surface area contributed by atoms with E-state index < -0.39 is 5.97 Å². The minimum absolute atomic E-state index is 0.0691. The zero-order chi connectivity index (χ0) is 17.3. The fraction of sp³-hybridized carbons (Fsp3) is 0.438. The summed E-state index contributed by atoms with van der Waals surface area (Å²) in [4.78, 5) is 26.6. The van der Waals surface area contributed by atoms with Gasteiger partial charge < -0.3 is 9.15 Å². The molecule has 9 heteroatoms. The van der Waals surface area contributed by atoms with Gasteiger partial charge >= 0.3 is 5.97 Å². The summed E-state index contributed by atoms with van der Waals surface area (Å²) in [5, 5.41) is 4.29. The number of rotatable bonds is 2. The number of allylic oxidation sites excluding steroid dienone is 1. The average Bonchev–Trinajstić information content (AvgIpc) is 3.23. The SMILES string of the molecule is CC1=C(C(=O)Oc2cc3oc4c(n3n2)CCCC4)N2C(=O)C(Br)C2S1. The van der Waals surface area contributed by atoms with E-state index in [2.05, 4.69) is 21.0 Å². The first-order chi connectivity index (χ1) is 12.0. The molecule has 25 heavy (non-hydrogen) atoms. The molecule has 2 unspecified atom stereocenters. The number of halogens is 1. The fourth-order valence-electron chi connectivity index (χ4n) is 3.55. The smallest absolute Gasteiger partial charge is 0.362 e. The maximum atomic E-state index is 12.6. The lowest BCUT2D eigenvalue weighted by molar-refractivity contribution is -0.143. The van der Waals surface area contributed by atoms with Crippen molar-refractivity contribution in [2.75, 3.05) is 0 Å². The number of β-lactam (4-membered cyclic amide) rings is 1. The third-order valence-electron chi connectivity index (χ3n) is 4.77. The monoisotopic (exact) mass is 423 g/mol. The van der Waals surface area contributed by atoms with E-state index in [-0.39, 0.29) is 22.0 Å². The zero-order valence-electron chi connectivity index (χ0n) is 13.3. The number of amides is 1. The molecule has 2 aliphatic heterocycles. The van der Waals surface area contributed by atoms with Crippen molar-refractivity contribution in [3.63, 3.8) is 0 Å². The number of ether oxygens (including phenoxy) is 1. The van der Waals surface area contributed by atoms with Gasteiger partial charge in [-0.2, -0.15) is 4.52 Å². The van der Waals surface area contributed by atoms with E-state index in [9.17, 15) is 9.59 Å². The highest BCUT2D eigenvalue weighted by atomic mass is 79.9. The number of aromatic nitrogens is 2. The number of hydrogen-bond donors (Lipinski definition) is 0. The van der Waals surface area contributed by atoms with Crippen LogP contribution in [0.3, 0.4) is 0 Å². The molecule has 2 atom stereocenters. The summed E-state index contributed by atoms with van der Waals surface area (Å²) in [5.74, 6) is 0.479. The fourth-order valence-corrected chi connectivity index (χ4v) is 5.54. The Labute approximate surface area is 155 Å². The normalized spacial score (nSPS) is 25.2. The molecule has 0 bridgehead atoms. The third-order valence-corrected chi connectivity index (χ3v) is 7.28. The van der Waals surface area contributed by atoms with Gasteiger partial charge in [-0.05, 0) is 26.2 Å². The van der Waals surface area contributed by atoms with Crippen LogP contribution >= 0.6 is 27.7 Å². The van der Waals surface area contributed by atoms with Crippen molar-refractivity contribution >= 4 is 45.3 Å². The summed E-state index contributed by atoms with van der Waals surface area (Å²) in [6, 6.07) is 1.62. The number of fused-ring (bicyclic) bond motifs is 4. The molecule has 4 heterocycles. The molecule has 1 fully saturated rings. The van der Waals surface area contributed by atoms with Crippen LogP contribution in [0.25, 0.3) is 5.71 Å². The molecule has 3 aliphatic rings. The van der Waals surface area contributed by atoms with Gasteiger partial charge in [0.2, 0.25) is 17.5 Å². The van der Waals surface area contributed by atoms with Crippen LogP contribution < -0.4 is 4.74 Å². The first-order valence-corrected chi connectivity index (χ1v) is 9.91. The van der Waals surface area contributed by atoms with Crippen molar-refractivity contribution in [2.45, 2.75) is 42.8 Å². The molecule has 1 aliphatic carbocycles. The third kappa shape index (κ3) is 2.15. The Kier molecular flexibility index (Phi) is 3.34. The van der Waals surface area contributed by atoms with Gasteiger partial charge in [-0.1, -0.05) is 15.9 Å². The molecule has 130 valence electrons. The highest BCUT2D eigenvalue weighted by Crippen LogP contribution is 2.48. The summed E-state index contributed by atoms with van der Waals surface area (Å²) in [6.45, 7) is 1.82. The molecule has 0 aromatic carbocycles. The lowest BCUT2D eigenvalue weighted by Gasteiger charge is -2.39. The molecule has 1 amide bonds. The average molecular weight is 424 g/mol. The van der Waals surface area contributed by atoms with Gasteiger partial charge in [-0.15, -0.1) is 16.9 Å². The van der Waals surface area contributed by atoms with Gasteiger partial charge in [0.05, 0.1) is 11.8 Å². The summed E-state index contributed by atoms with van der Waals surface area (Å²) in [6.07, 6.45) is 4.06. The minimum Gasteiger partial charge on any atom is -0.441 e. The van der Waals surface area contributed by atoms with Crippen molar-refractivity contribution < 1.29 is 18.7 Å². The molecular weight excluding hydrogens is 410 g/mol. The predicted octanol–water partition coefficient (Wildman–Crippen LogP) is 2.62. The van der Waals surface area contributed by atoms with Crippen molar-refractivity contribution in [1.29, 1.82) is 0 Å². The van der Waals surface area contributed by atoms with Gasteiger partial charge in [0.25, 0.3) is 0 Å². The Balaban J connectivity index is 1.41. The molecule has 0 spiro atoms. The molecule has 1 saturated heterocycles. The standard InChI is InChI=1S/C16H14BrN3O4S/c1-7-13(19-14(21)12(17)15(19)25-7)16(22)24-10-6-11-20(18-10)8-4-2-3-5-9(8)23-11/h6,12,15H,2-5H2,1H3. The number of alkyl halides is 1. The van der Waals surface area contributed by atoms with E-state index in [4.69, 9.17) is 9.15 Å². The summed E-state index contributed by atoms with van der Waals surface area (Å²) in [5.41, 5.74) is 1.94. The Morgan fingerprint density at radius 1 is 1.44 bits per heavy atom.